The second-order valence-electron chi connectivity index (χ2n) is 7.38. The summed E-state index contributed by atoms with van der Waals surface area (Å²) in [7, 11) is 0. The van der Waals surface area contributed by atoms with Crippen LogP contribution < -0.4 is 31.4 Å². The van der Waals surface area contributed by atoms with Crippen LogP contribution in [0.5, 0.6) is 0 Å². The molecule has 0 heterocycles. The van der Waals surface area contributed by atoms with Gasteiger partial charge in [-0.05, 0) is 0 Å². The Morgan fingerprint density at radius 3 is 0.844 bits per heavy atom. The number of nitrogens with one attached hydrogen (secondary N) is 2. The zero-order chi connectivity index (χ0) is 22.3. The summed E-state index contributed by atoms with van der Waals surface area (Å²) >= 11 is 7.12. The maximum atomic E-state index is 3.90. The average Bonchev–Trinajstić information content (AvgIpc) is 2.88. The number of rotatable bonds is 9. The summed E-state index contributed by atoms with van der Waals surface area (Å²) in [5, 5.41) is 13.1. The summed E-state index contributed by atoms with van der Waals surface area (Å²) in [4.78, 5) is 0. The Morgan fingerprint density at radius 1 is 0.406 bits per heavy atom. The van der Waals surface area contributed by atoms with Gasteiger partial charge in [0.2, 0.25) is 0 Å². The topological polar surface area (TPSA) is 24.1 Å². The van der Waals surface area contributed by atoms with Gasteiger partial charge in [-0.2, -0.15) is 0 Å². The third-order valence-electron chi connectivity index (χ3n) is 5.27. The van der Waals surface area contributed by atoms with E-state index in [-0.39, 0.29) is 0 Å². The van der Waals surface area contributed by atoms with E-state index in [1.165, 1.54) is 21.2 Å². The van der Waals surface area contributed by atoms with Gasteiger partial charge in [0.05, 0.1) is 0 Å². The van der Waals surface area contributed by atoms with Crippen molar-refractivity contribution in [2.75, 3.05) is 13.1 Å². The molecular weight excluding hydrogens is 560 g/mol. The van der Waals surface area contributed by atoms with Crippen LogP contribution in [0.4, 0.5) is 0 Å². The Morgan fingerprint density at radius 2 is 0.625 bits per heavy atom. The van der Waals surface area contributed by atoms with Crippen LogP contribution in [0.1, 0.15) is 0 Å². The van der Waals surface area contributed by atoms with Crippen LogP contribution >= 0.6 is 11.3 Å². The Bertz CT molecular complexity index is 1030. The molecule has 0 atom stereocenters. The Balaban J connectivity index is 1.55. The van der Waals surface area contributed by atoms with Gasteiger partial charge in [-0.25, -0.2) is 0 Å². The molecule has 0 aromatic heterocycles. The van der Waals surface area contributed by atoms with Gasteiger partial charge in [0.25, 0.3) is 0 Å². The van der Waals surface area contributed by atoms with Gasteiger partial charge in [-0.3, -0.25) is 0 Å². The molecule has 0 bridgehead atoms. The molecule has 0 saturated carbocycles. The van der Waals surface area contributed by atoms with E-state index in [0.29, 0.717) is 0 Å². The first-order chi connectivity index (χ1) is 15.6. The van der Waals surface area contributed by atoms with Crippen LogP contribution in [-0.4, -0.2) is 43.3 Å². The summed E-state index contributed by atoms with van der Waals surface area (Å²) in [6.07, 6.45) is 0. The summed E-state index contributed by atoms with van der Waals surface area (Å²) < 4.78 is 0. The molecule has 0 aliphatic rings. The molecule has 2 nitrogen and oxygen atoms in total. The quantitative estimate of drug-likeness (QED) is 0.178. The van der Waals surface area contributed by atoms with Gasteiger partial charge in [0, 0.05) is 0 Å². The van der Waals surface area contributed by atoms with Crippen LogP contribution in [0.25, 0.3) is 0 Å². The minimum absolute atomic E-state index is 0.855. The van der Waals surface area contributed by atoms with Crippen molar-refractivity contribution in [3.05, 3.63) is 121 Å². The first kappa shape index (κ1) is 23.8. The van der Waals surface area contributed by atoms with Crippen molar-refractivity contribution in [2.45, 2.75) is 0 Å². The molecule has 4 aromatic carbocycles. The van der Waals surface area contributed by atoms with Gasteiger partial charge in [0.1, 0.15) is 0 Å². The molecule has 0 radical (unpaired) electrons. The van der Waals surface area contributed by atoms with Crippen molar-refractivity contribution in [2.24, 2.45) is 0 Å². The van der Waals surface area contributed by atoms with Crippen LogP contribution in [0, 0.1) is 0 Å². The number of hydrogen-bond acceptors (Lipinski definition) is 2. The van der Waals surface area contributed by atoms with Crippen molar-refractivity contribution in [1.82, 2.24) is 10.2 Å². The van der Waals surface area contributed by atoms with Crippen LogP contribution in [0.3, 0.4) is 0 Å². The summed E-state index contributed by atoms with van der Waals surface area (Å²) in [6, 6.07) is 43.0. The standard InChI is InChI=1S/C26H26N2P2Se2/c31-29(23-13-5-1-6-14-23,24-15-7-2-8-16-24)27-21-22-28-30(32,25-17-9-3-10-18-25)26-19-11-4-12-20-26/h1-20H,21-22H2,(H,27,31)(H,28,32). The molecule has 0 spiro atoms. The molecular formula is C26H26N2P2Se2. The van der Waals surface area contributed by atoms with Crippen molar-refractivity contribution in [1.29, 1.82) is 0 Å². The van der Waals surface area contributed by atoms with Crippen molar-refractivity contribution in [3.63, 3.8) is 0 Å². The summed E-state index contributed by atoms with van der Waals surface area (Å²) in [6.45, 7) is 1.71. The molecule has 0 unspecified atom stereocenters. The van der Waals surface area contributed by atoms with Gasteiger partial charge < -0.3 is 0 Å². The van der Waals surface area contributed by atoms with Gasteiger partial charge in [-0.15, -0.1) is 0 Å². The van der Waals surface area contributed by atoms with E-state index in [1.807, 2.05) is 0 Å². The molecule has 162 valence electrons. The average molecular weight is 586 g/mol. The molecule has 2 N–H and O–H groups in total. The van der Waals surface area contributed by atoms with Crippen LogP contribution in [-0.2, 0) is 0 Å². The molecule has 0 aliphatic heterocycles. The Labute approximate surface area is 206 Å². The zero-order valence-corrected chi connectivity index (χ0v) is 22.9. The van der Waals surface area contributed by atoms with E-state index in [9.17, 15) is 0 Å². The van der Waals surface area contributed by atoms with E-state index in [2.05, 4.69) is 162 Å². The molecule has 0 saturated heterocycles. The fourth-order valence-electron chi connectivity index (χ4n) is 3.64. The van der Waals surface area contributed by atoms with E-state index in [0.717, 1.165) is 13.1 Å². The fraction of sp³-hybridized carbons (Fsp3) is 0.0769. The normalized spacial score (nSPS) is 11.9. The number of hydrogen-bond donors (Lipinski definition) is 2. The van der Waals surface area contributed by atoms with Gasteiger partial charge in [0.15, 0.2) is 0 Å². The third kappa shape index (κ3) is 5.43. The van der Waals surface area contributed by atoms with Crippen LogP contribution in [0.2, 0.25) is 0 Å². The van der Waals surface area contributed by atoms with Gasteiger partial charge >= 0.3 is 207 Å². The first-order valence-corrected chi connectivity index (χ1v) is 18.6. The maximum absolute atomic E-state index is 3.90. The van der Waals surface area contributed by atoms with Crippen LogP contribution in [0.15, 0.2) is 121 Å². The second kappa shape index (κ2) is 11.2. The van der Waals surface area contributed by atoms with E-state index in [4.69, 9.17) is 0 Å². The minimum atomic E-state index is -1.81. The molecule has 0 amide bonds. The summed E-state index contributed by atoms with van der Waals surface area (Å²) in [5.74, 6) is 0. The number of benzene rings is 4. The van der Waals surface area contributed by atoms with Crippen molar-refractivity contribution < 1.29 is 0 Å². The fourth-order valence-corrected chi connectivity index (χ4v) is 12.4. The second-order valence-corrected chi connectivity index (χ2v) is 19.4. The molecule has 0 fully saturated rings. The monoisotopic (exact) mass is 588 g/mol. The molecule has 6 heteroatoms. The predicted molar refractivity (Wildman–Crippen MR) is 146 cm³/mol. The predicted octanol–water partition coefficient (Wildman–Crippen LogP) is 3.50. The van der Waals surface area contributed by atoms with Crippen molar-refractivity contribution >= 4 is 62.7 Å². The molecule has 0 aliphatic carbocycles. The molecule has 4 aromatic rings. The molecule has 32 heavy (non-hydrogen) atoms. The summed E-state index contributed by atoms with van der Waals surface area (Å²) in [5.41, 5.74) is -3.63. The van der Waals surface area contributed by atoms with Crippen molar-refractivity contribution in [3.8, 4) is 0 Å². The zero-order valence-electron chi connectivity index (χ0n) is 17.7. The van der Waals surface area contributed by atoms with Gasteiger partial charge in [-0.1, -0.05) is 0 Å². The Kier molecular flexibility index (Phi) is 8.36. The Hall–Kier alpha value is -1.30. The first-order valence-electron chi connectivity index (χ1n) is 10.6. The van der Waals surface area contributed by atoms with E-state index < -0.39 is 11.3 Å². The van der Waals surface area contributed by atoms with E-state index in [1.54, 1.807) is 0 Å². The SMILES string of the molecule is [Se]=P(NCCNP(=[Se])(c1ccccc1)c1ccccc1)(c1ccccc1)c1ccccc1. The van der Waals surface area contributed by atoms with E-state index >= 15 is 0 Å². The molecule has 4 rings (SSSR count). The third-order valence-corrected chi connectivity index (χ3v) is 17.6.